The maximum Gasteiger partial charge on any atom is 0.272 e. The fourth-order valence-electron chi connectivity index (χ4n) is 3.59. The molecule has 2 N–H and O–H groups in total. The Kier molecular flexibility index (Phi) is 9.06. The van der Waals surface area contributed by atoms with Crippen molar-refractivity contribution in [3.63, 3.8) is 0 Å². The van der Waals surface area contributed by atoms with Crippen LogP contribution >= 0.6 is 11.6 Å². The molecule has 0 atom stereocenters. The van der Waals surface area contributed by atoms with E-state index in [1.165, 1.54) is 12.2 Å². The second-order valence-corrected chi connectivity index (χ2v) is 8.81. The van der Waals surface area contributed by atoms with Crippen LogP contribution in [0.25, 0.3) is 12.2 Å². The van der Waals surface area contributed by atoms with Crippen molar-refractivity contribution < 1.29 is 19.1 Å². The Morgan fingerprint density at radius 3 is 2.10 bits per heavy atom. The maximum atomic E-state index is 13.2. The summed E-state index contributed by atoms with van der Waals surface area (Å²) in [6, 6.07) is 29.4. The van der Waals surface area contributed by atoms with E-state index in [4.69, 9.17) is 16.3 Å². The van der Waals surface area contributed by atoms with E-state index in [-0.39, 0.29) is 11.5 Å². The van der Waals surface area contributed by atoms with Crippen molar-refractivity contribution in [3.05, 3.63) is 142 Å². The lowest BCUT2D eigenvalue weighted by molar-refractivity contribution is -0.113. The highest BCUT2D eigenvalue weighted by atomic mass is 35.5. The monoisotopic (exact) mass is 536 g/mol. The number of carbonyl (C=O) groups excluding carboxylic acids is 3. The van der Waals surface area contributed by atoms with Gasteiger partial charge in [-0.15, -0.1) is 0 Å². The van der Waals surface area contributed by atoms with E-state index in [2.05, 4.69) is 10.6 Å². The molecule has 0 bridgehead atoms. The van der Waals surface area contributed by atoms with Crippen molar-refractivity contribution in [1.29, 1.82) is 0 Å². The Labute approximate surface area is 231 Å². The largest absolute Gasteiger partial charge is 0.497 e. The molecular formula is C32H25ClN2O4. The molecule has 0 spiro atoms. The van der Waals surface area contributed by atoms with Gasteiger partial charge in [0.1, 0.15) is 11.4 Å². The molecule has 0 aliphatic rings. The first-order chi connectivity index (χ1) is 18.9. The van der Waals surface area contributed by atoms with E-state index in [1.807, 2.05) is 24.3 Å². The average molecular weight is 537 g/mol. The van der Waals surface area contributed by atoms with Crippen LogP contribution < -0.4 is 15.4 Å². The van der Waals surface area contributed by atoms with E-state index in [0.717, 1.165) is 11.3 Å². The van der Waals surface area contributed by atoms with Crippen LogP contribution in [0.15, 0.2) is 115 Å². The van der Waals surface area contributed by atoms with Crippen LogP contribution in [-0.2, 0) is 4.79 Å². The molecule has 4 rings (SSSR count). The van der Waals surface area contributed by atoms with Gasteiger partial charge in [-0.3, -0.25) is 14.4 Å². The molecule has 39 heavy (non-hydrogen) atoms. The van der Waals surface area contributed by atoms with Crippen molar-refractivity contribution in [2.24, 2.45) is 0 Å². The summed E-state index contributed by atoms with van der Waals surface area (Å²) in [5.41, 5.74) is 2.77. The topological polar surface area (TPSA) is 84.5 Å². The molecule has 0 fully saturated rings. The number of anilines is 1. The molecular weight excluding hydrogens is 512 g/mol. The Balaban J connectivity index is 1.48. The zero-order chi connectivity index (χ0) is 27.6. The number of allylic oxidation sites excluding steroid dienone is 1. The van der Waals surface area contributed by atoms with E-state index >= 15 is 0 Å². The van der Waals surface area contributed by atoms with E-state index in [1.54, 1.807) is 92.0 Å². The Morgan fingerprint density at radius 1 is 0.769 bits per heavy atom. The van der Waals surface area contributed by atoms with Crippen molar-refractivity contribution in [2.75, 3.05) is 12.4 Å². The minimum atomic E-state index is -0.544. The molecule has 2 amide bonds. The van der Waals surface area contributed by atoms with Crippen LogP contribution in [0.3, 0.4) is 0 Å². The number of nitrogens with one attached hydrogen (secondary N) is 2. The third-order valence-electron chi connectivity index (χ3n) is 5.70. The third kappa shape index (κ3) is 7.53. The van der Waals surface area contributed by atoms with Crippen LogP contribution in [0.2, 0.25) is 5.02 Å². The summed E-state index contributed by atoms with van der Waals surface area (Å²) in [6.07, 6.45) is 4.72. The molecule has 4 aromatic rings. The number of amides is 2. The lowest BCUT2D eigenvalue weighted by Crippen LogP contribution is -2.30. The van der Waals surface area contributed by atoms with Gasteiger partial charge in [-0.25, -0.2) is 0 Å². The summed E-state index contributed by atoms with van der Waals surface area (Å²) in [7, 11) is 1.59. The van der Waals surface area contributed by atoms with Gasteiger partial charge in [-0.05, 0) is 77.9 Å². The van der Waals surface area contributed by atoms with Gasteiger partial charge >= 0.3 is 0 Å². The fourth-order valence-corrected chi connectivity index (χ4v) is 3.78. The molecule has 6 nitrogen and oxygen atoms in total. The second-order valence-electron chi connectivity index (χ2n) is 8.40. The molecule has 0 unspecified atom stereocenters. The predicted molar refractivity (Wildman–Crippen MR) is 155 cm³/mol. The first-order valence-electron chi connectivity index (χ1n) is 12.0. The number of hydrogen-bond acceptors (Lipinski definition) is 4. The predicted octanol–water partition coefficient (Wildman–Crippen LogP) is 6.65. The number of carbonyl (C=O) groups is 3. The molecule has 0 aliphatic heterocycles. The molecule has 0 heterocycles. The van der Waals surface area contributed by atoms with Gasteiger partial charge in [-0.1, -0.05) is 66.2 Å². The molecule has 0 aromatic heterocycles. The fraction of sp³-hybridized carbons (Fsp3) is 0.0312. The van der Waals surface area contributed by atoms with Crippen molar-refractivity contribution >= 4 is 47.0 Å². The molecule has 0 radical (unpaired) electrons. The Bertz CT molecular complexity index is 1530. The Morgan fingerprint density at radius 2 is 1.44 bits per heavy atom. The number of benzene rings is 4. The summed E-state index contributed by atoms with van der Waals surface area (Å²) in [4.78, 5) is 38.6. The molecule has 194 valence electrons. The SMILES string of the molecule is COc1ccc(/C=C/C(=O)c2ccc(NC(=O)/C(=C/c3ccccc3Cl)NC(=O)c3ccccc3)cc2)cc1. The average Bonchev–Trinajstić information content (AvgIpc) is 2.97. The smallest absolute Gasteiger partial charge is 0.272 e. The number of hydrogen-bond donors (Lipinski definition) is 2. The molecule has 0 aliphatic carbocycles. The quantitative estimate of drug-likeness (QED) is 0.185. The van der Waals surface area contributed by atoms with Gasteiger partial charge in [0, 0.05) is 21.8 Å². The number of methoxy groups -OCH3 is 1. The van der Waals surface area contributed by atoms with Gasteiger partial charge < -0.3 is 15.4 Å². The van der Waals surface area contributed by atoms with Gasteiger partial charge in [0.25, 0.3) is 11.8 Å². The first-order valence-corrected chi connectivity index (χ1v) is 12.4. The number of ether oxygens (including phenoxy) is 1. The van der Waals surface area contributed by atoms with E-state index in [0.29, 0.717) is 27.4 Å². The van der Waals surface area contributed by atoms with Gasteiger partial charge in [-0.2, -0.15) is 0 Å². The minimum absolute atomic E-state index is 0.0135. The summed E-state index contributed by atoms with van der Waals surface area (Å²) in [5.74, 6) is -0.426. The highest BCUT2D eigenvalue weighted by Gasteiger charge is 2.16. The first kappa shape index (κ1) is 27.1. The van der Waals surface area contributed by atoms with Crippen molar-refractivity contribution in [3.8, 4) is 5.75 Å². The Hall–Kier alpha value is -4.94. The summed E-state index contributed by atoms with van der Waals surface area (Å²) in [6.45, 7) is 0. The van der Waals surface area contributed by atoms with Crippen molar-refractivity contribution in [1.82, 2.24) is 5.32 Å². The highest BCUT2D eigenvalue weighted by Crippen LogP contribution is 2.19. The lowest BCUT2D eigenvalue weighted by Gasteiger charge is -2.12. The normalized spacial score (nSPS) is 11.2. The molecule has 4 aromatic carbocycles. The van der Waals surface area contributed by atoms with Crippen molar-refractivity contribution in [2.45, 2.75) is 0 Å². The minimum Gasteiger partial charge on any atom is -0.497 e. The standard InChI is InChI=1S/C32H25ClN2O4/c1-39-27-18-11-22(12-19-27)13-20-30(36)23-14-16-26(17-15-23)34-32(38)29(21-25-9-5-6-10-28(25)33)35-31(37)24-7-3-2-4-8-24/h2-21H,1H3,(H,34,38)(H,35,37)/b20-13+,29-21-. The molecule has 7 heteroatoms. The van der Waals surface area contributed by atoms with Gasteiger partial charge in [0.05, 0.1) is 7.11 Å². The van der Waals surface area contributed by atoms with Crippen LogP contribution in [0, 0.1) is 0 Å². The lowest BCUT2D eigenvalue weighted by atomic mass is 10.1. The van der Waals surface area contributed by atoms with Crippen LogP contribution in [0.4, 0.5) is 5.69 Å². The third-order valence-corrected chi connectivity index (χ3v) is 6.05. The maximum absolute atomic E-state index is 13.2. The summed E-state index contributed by atoms with van der Waals surface area (Å²) in [5, 5.41) is 5.88. The summed E-state index contributed by atoms with van der Waals surface area (Å²) >= 11 is 6.28. The summed E-state index contributed by atoms with van der Waals surface area (Å²) < 4.78 is 5.14. The number of ketones is 1. The molecule has 0 saturated heterocycles. The number of rotatable bonds is 9. The van der Waals surface area contributed by atoms with Crippen LogP contribution in [0.1, 0.15) is 31.8 Å². The van der Waals surface area contributed by atoms with Gasteiger partial charge in [0.15, 0.2) is 5.78 Å². The zero-order valence-electron chi connectivity index (χ0n) is 21.1. The van der Waals surface area contributed by atoms with Crippen LogP contribution in [-0.4, -0.2) is 24.7 Å². The van der Waals surface area contributed by atoms with Gasteiger partial charge in [0.2, 0.25) is 0 Å². The zero-order valence-corrected chi connectivity index (χ0v) is 21.8. The van der Waals surface area contributed by atoms with Crippen LogP contribution in [0.5, 0.6) is 5.75 Å². The number of halogens is 1. The van der Waals surface area contributed by atoms with E-state index < -0.39 is 11.8 Å². The molecule has 0 saturated carbocycles. The highest BCUT2D eigenvalue weighted by molar-refractivity contribution is 6.32. The van der Waals surface area contributed by atoms with E-state index in [9.17, 15) is 14.4 Å². The second kappa shape index (κ2) is 13.0.